The molecule has 2 aromatic heterocycles. The van der Waals surface area contributed by atoms with Gasteiger partial charge in [-0.3, -0.25) is 9.36 Å². The van der Waals surface area contributed by atoms with Crippen molar-refractivity contribution >= 4 is 0 Å². The molecule has 0 bridgehead atoms. The second-order valence-electron chi connectivity index (χ2n) is 4.10. The summed E-state index contributed by atoms with van der Waals surface area (Å²) in [5.41, 5.74) is 1.99. The fourth-order valence-electron chi connectivity index (χ4n) is 1.72. The maximum absolute atomic E-state index is 9.68. The first-order valence-electron chi connectivity index (χ1n) is 5.94. The molecule has 0 aliphatic heterocycles. The van der Waals surface area contributed by atoms with Crippen LogP contribution in [0, 0.1) is 0 Å². The number of hydrogen-bond acceptors (Lipinski definition) is 3. The molecule has 0 aliphatic rings. The molecule has 0 saturated carbocycles. The molecule has 2 rings (SSSR count). The lowest BCUT2D eigenvalue weighted by Crippen LogP contribution is -1.99. The van der Waals surface area contributed by atoms with Crippen molar-refractivity contribution in [3.05, 3.63) is 35.9 Å². The van der Waals surface area contributed by atoms with Crippen LogP contribution in [0.25, 0.3) is 0 Å². The quantitative estimate of drug-likeness (QED) is 0.854. The maximum Gasteiger partial charge on any atom is 0.0817 e. The molecule has 5 nitrogen and oxygen atoms in total. The molecule has 92 valence electrons. The van der Waals surface area contributed by atoms with Crippen molar-refractivity contribution in [2.45, 2.75) is 39.5 Å². The van der Waals surface area contributed by atoms with E-state index in [0.29, 0.717) is 13.0 Å². The molecule has 2 heterocycles. The Morgan fingerprint density at radius 2 is 1.94 bits per heavy atom. The number of hydrogen-bond donors (Lipinski definition) is 1. The number of aliphatic hydroxyl groups excluding tert-OH is 1. The van der Waals surface area contributed by atoms with E-state index in [2.05, 4.69) is 17.1 Å². The Kier molecular flexibility index (Phi) is 3.58. The first kappa shape index (κ1) is 11.9. The third kappa shape index (κ3) is 2.74. The Morgan fingerprint density at radius 3 is 2.59 bits per heavy atom. The molecule has 0 fully saturated rings. The number of aryl methyl sites for hydroxylation is 1. The molecule has 0 aliphatic carbocycles. The molecular formula is C12H18N4O. The Hall–Kier alpha value is -1.62. The van der Waals surface area contributed by atoms with E-state index in [1.54, 1.807) is 6.20 Å². The zero-order valence-electron chi connectivity index (χ0n) is 10.2. The summed E-state index contributed by atoms with van der Waals surface area (Å²) in [6, 6.07) is 0. The predicted molar refractivity (Wildman–Crippen MR) is 64.5 cm³/mol. The van der Waals surface area contributed by atoms with Crippen molar-refractivity contribution in [3.8, 4) is 0 Å². The number of rotatable bonds is 5. The average Bonchev–Trinajstić information content (AvgIpc) is 2.97. The smallest absolute Gasteiger partial charge is 0.0817 e. The predicted octanol–water partition coefficient (Wildman–Crippen LogP) is 1.59. The van der Waals surface area contributed by atoms with Crippen molar-refractivity contribution in [1.29, 1.82) is 0 Å². The molecule has 0 spiro atoms. The van der Waals surface area contributed by atoms with Crippen LogP contribution < -0.4 is 0 Å². The van der Waals surface area contributed by atoms with Gasteiger partial charge in [0, 0.05) is 30.1 Å². The van der Waals surface area contributed by atoms with Crippen molar-refractivity contribution < 1.29 is 5.11 Å². The van der Waals surface area contributed by atoms with Crippen LogP contribution in [-0.2, 0) is 13.1 Å². The van der Waals surface area contributed by atoms with E-state index >= 15 is 0 Å². The fraction of sp³-hybridized carbons (Fsp3) is 0.500. The van der Waals surface area contributed by atoms with Crippen LogP contribution >= 0.6 is 0 Å². The summed E-state index contributed by atoms with van der Waals surface area (Å²) in [7, 11) is 0. The monoisotopic (exact) mass is 234 g/mol. The number of nitrogens with zero attached hydrogens (tertiary/aromatic N) is 4. The van der Waals surface area contributed by atoms with E-state index < -0.39 is 6.10 Å². The van der Waals surface area contributed by atoms with Gasteiger partial charge >= 0.3 is 0 Å². The van der Waals surface area contributed by atoms with Gasteiger partial charge in [-0.05, 0) is 13.3 Å². The highest BCUT2D eigenvalue weighted by molar-refractivity contribution is 5.10. The maximum atomic E-state index is 9.68. The van der Waals surface area contributed by atoms with Gasteiger partial charge in [0.05, 0.1) is 25.0 Å². The molecule has 1 N–H and O–H groups in total. The van der Waals surface area contributed by atoms with Gasteiger partial charge in [-0.25, -0.2) is 0 Å². The summed E-state index contributed by atoms with van der Waals surface area (Å²) in [6.45, 7) is 5.57. The van der Waals surface area contributed by atoms with E-state index in [1.807, 2.05) is 34.9 Å². The average molecular weight is 234 g/mol. The van der Waals surface area contributed by atoms with E-state index in [-0.39, 0.29) is 0 Å². The van der Waals surface area contributed by atoms with Crippen LogP contribution in [0.1, 0.15) is 37.5 Å². The fourth-order valence-corrected chi connectivity index (χ4v) is 1.72. The molecule has 5 heteroatoms. The minimum Gasteiger partial charge on any atom is -0.388 e. The Bertz CT molecular complexity index is 474. The zero-order chi connectivity index (χ0) is 12.3. The largest absolute Gasteiger partial charge is 0.388 e. The third-order valence-corrected chi connectivity index (χ3v) is 2.78. The summed E-state index contributed by atoms with van der Waals surface area (Å²) in [5.74, 6) is 0. The van der Waals surface area contributed by atoms with Gasteiger partial charge in [-0.1, -0.05) is 6.92 Å². The van der Waals surface area contributed by atoms with Crippen LogP contribution in [0.5, 0.6) is 0 Å². The first-order chi connectivity index (χ1) is 8.22. The van der Waals surface area contributed by atoms with E-state index in [9.17, 15) is 5.11 Å². The molecule has 0 saturated heterocycles. The minimum atomic E-state index is -0.415. The van der Waals surface area contributed by atoms with Crippen LogP contribution in [0.2, 0.25) is 0 Å². The number of aliphatic hydroxyl groups is 1. The van der Waals surface area contributed by atoms with Gasteiger partial charge in [-0.2, -0.15) is 10.2 Å². The highest BCUT2D eigenvalue weighted by Crippen LogP contribution is 2.15. The van der Waals surface area contributed by atoms with Gasteiger partial charge in [0.1, 0.15) is 0 Å². The lowest BCUT2D eigenvalue weighted by molar-refractivity contribution is 0.173. The standard InChI is InChI=1S/C12H18N4O/c1-3-12(17)11-6-14-16(9-11)8-10-5-13-15(4-2)7-10/h5-7,9,12,17H,3-4,8H2,1-2H3. The van der Waals surface area contributed by atoms with E-state index in [0.717, 1.165) is 17.7 Å². The summed E-state index contributed by atoms with van der Waals surface area (Å²) < 4.78 is 3.71. The van der Waals surface area contributed by atoms with E-state index in [1.165, 1.54) is 0 Å². The summed E-state index contributed by atoms with van der Waals surface area (Å²) in [6.07, 6.45) is 7.76. The Balaban J connectivity index is 2.06. The molecule has 17 heavy (non-hydrogen) atoms. The van der Waals surface area contributed by atoms with Gasteiger partial charge in [0.25, 0.3) is 0 Å². The molecule has 1 atom stereocenters. The summed E-state index contributed by atoms with van der Waals surface area (Å²) in [5, 5.41) is 18.1. The number of aromatic nitrogens is 4. The minimum absolute atomic E-state index is 0.415. The summed E-state index contributed by atoms with van der Waals surface area (Å²) >= 11 is 0. The molecule has 1 unspecified atom stereocenters. The summed E-state index contributed by atoms with van der Waals surface area (Å²) in [4.78, 5) is 0. The third-order valence-electron chi connectivity index (χ3n) is 2.78. The zero-order valence-corrected chi connectivity index (χ0v) is 10.2. The molecule has 2 aromatic rings. The Morgan fingerprint density at radius 1 is 1.18 bits per heavy atom. The molecule has 0 amide bonds. The highest BCUT2D eigenvalue weighted by Gasteiger charge is 2.08. The van der Waals surface area contributed by atoms with Crippen molar-refractivity contribution in [2.24, 2.45) is 0 Å². The second-order valence-corrected chi connectivity index (χ2v) is 4.10. The van der Waals surface area contributed by atoms with Gasteiger partial charge in [-0.15, -0.1) is 0 Å². The van der Waals surface area contributed by atoms with Crippen molar-refractivity contribution in [1.82, 2.24) is 19.6 Å². The lowest BCUT2D eigenvalue weighted by Gasteiger charge is -2.02. The van der Waals surface area contributed by atoms with Crippen molar-refractivity contribution in [2.75, 3.05) is 0 Å². The lowest BCUT2D eigenvalue weighted by atomic mass is 10.2. The van der Waals surface area contributed by atoms with Gasteiger partial charge in [0.2, 0.25) is 0 Å². The van der Waals surface area contributed by atoms with Crippen molar-refractivity contribution in [3.63, 3.8) is 0 Å². The normalized spacial score (nSPS) is 12.9. The van der Waals surface area contributed by atoms with Crippen LogP contribution in [0.15, 0.2) is 24.8 Å². The van der Waals surface area contributed by atoms with Crippen LogP contribution in [-0.4, -0.2) is 24.7 Å². The van der Waals surface area contributed by atoms with Crippen LogP contribution in [0.4, 0.5) is 0 Å². The second kappa shape index (κ2) is 5.14. The molecule has 0 radical (unpaired) electrons. The van der Waals surface area contributed by atoms with E-state index in [4.69, 9.17) is 0 Å². The van der Waals surface area contributed by atoms with Crippen LogP contribution in [0.3, 0.4) is 0 Å². The SMILES string of the molecule is CCC(O)c1cnn(Cc2cnn(CC)c2)c1. The molecule has 0 aromatic carbocycles. The highest BCUT2D eigenvalue weighted by atomic mass is 16.3. The van der Waals surface area contributed by atoms with Gasteiger partial charge < -0.3 is 5.11 Å². The Labute approximate surface area is 101 Å². The van der Waals surface area contributed by atoms with Gasteiger partial charge in [0.15, 0.2) is 0 Å². The molecular weight excluding hydrogens is 216 g/mol. The topological polar surface area (TPSA) is 55.9 Å². The first-order valence-corrected chi connectivity index (χ1v) is 5.94.